The fourth-order valence-electron chi connectivity index (χ4n) is 4.16. The largest absolute Gasteiger partial charge is 0.545 e. The van der Waals surface area contributed by atoms with Gasteiger partial charge in [0.15, 0.2) is 0 Å². The van der Waals surface area contributed by atoms with Crippen LogP contribution in [0.1, 0.15) is 56.1 Å². The van der Waals surface area contributed by atoms with E-state index in [1.807, 2.05) is 61.5 Å². The van der Waals surface area contributed by atoms with Crippen LogP contribution in [0, 0.1) is 0 Å². The predicted molar refractivity (Wildman–Crippen MR) is 151 cm³/mol. The van der Waals surface area contributed by atoms with Gasteiger partial charge in [-0.15, -0.1) is 5.06 Å². The van der Waals surface area contributed by atoms with Crippen LogP contribution in [-0.4, -0.2) is 42.9 Å². The van der Waals surface area contributed by atoms with Crippen LogP contribution >= 0.6 is 0 Å². The van der Waals surface area contributed by atoms with E-state index >= 15 is 0 Å². The molecule has 0 aromatic heterocycles. The summed E-state index contributed by atoms with van der Waals surface area (Å²) < 4.78 is 6.15. The van der Waals surface area contributed by atoms with Crippen molar-refractivity contribution < 1.29 is 33.9 Å². The summed E-state index contributed by atoms with van der Waals surface area (Å²) in [6.45, 7) is 5.11. The fourth-order valence-corrected chi connectivity index (χ4v) is 4.16. The van der Waals surface area contributed by atoms with Crippen molar-refractivity contribution in [3.05, 3.63) is 87.8 Å². The van der Waals surface area contributed by atoms with Crippen molar-refractivity contribution >= 4 is 41.6 Å². The molecule has 1 fully saturated rings. The quantitative estimate of drug-likeness (QED) is 0.360. The summed E-state index contributed by atoms with van der Waals surface area (Å²) in [4.78, 5) is 49.9. The number of carboxylic acid groups (broad SMARTS) is 1. The summed E-state index contributed by atoms with van der Waals surface area (Å²) in [5.74, 6) is -1.42. The van der Waals surface area contributed by atoms with Gasteiger partial charge in [0.1, 0.15) is 11.5 Å². The third kappa shape index (κ3) is 6.37. The maximum atomic E-state index is 11.7. The Bertz CT molecular complexity index is 1560. The van der Waals surface area contributed by atoms with E-state index in [1.54, 1.807) is 18.2 Å². The molecule has 3 aromatic rings. The van der Waals surface area contributed by atoms with Gasteiger partial charge in [0.2, 0.25) is 0 Å². The van der Waals surface area contributed by atoms with Gasteiger partial charge in [-0.3, -0.25) is 9.59 Å². The Balaban J connectivity index is 0.000000367. The maximum absolute atomic E-state index is 11.7. The molecule has 2 amide bonds. The molecule has 1 saturated heterocycles. The second-order valence-corrected chi connectivity index (χ2v) is 8.88. The molecular weight excluding hydrogens is 512 g/mol. The lowest BCUT2D eigenvalue weighted by atomic mass is 9.89. The summed E-state index contributed by atoms with van der Waals surface area (Å²) in [6.07, 6.45) is 0.262. The van der Waals surface area contributed by atoms with Crippen molar-refractivity contribution in [3.63, 3.8) is 0 Å². The number of benzene rings is 3. The molecule has 5 rings (SSSR count). The number of hydroxylamine groups is 2. The molecule has 9 nitrogen and oxygen atoms in total. The Morgan fingerprint density at radius 3 is 2.17 bits per heavy atom. The maximum Gasteiger partial charge on any atom is 0.330 e. The topological polar surface area (TPSA) is 116 Å². The predicted octanol–water partition coefficient (Wildman–Crippen LogP) is 2.77. The van der Waals surface area contributed by atoms with E-state index in [0.717, 1.165) is 34.2 Å². The number of hydrogen-bond donors (Lipinski definition) is 0. The minimum Gasteiger partial charge on any atom is -0.545 e. The standard InChI is InChI=1S/C23H19NO3.C6H7NO4.2CH4/c1-14-8-10-18-20(12-14)27-21-13-15(24(2)3)9-11-19(21)22(18)16-6-4-5-7-17(16)23(25)26;1-4(8)11-7-5(9)2-3-6(7)10;;/h4-13H,1H2,2-3H3,(H,25,26);2-3H2,1H3;2*1H4/p-1. The van der Waals surface area contributed by atoms with Crippen LogP contribution in [0.15, 0.2) is 60.7 Å². The summed E-state index contributed by atoms with van der Waals surface area (Å²) >= 11 is 0. The van der Waals surface area contributed by atoms with Crippen LogP contribution in [0.2, 0.25) is 0 Å². The van der Waals surface area contributed by atoms with Gasteiger partial charge in [-0.2, -0.15) is 0 Å². The number of ether oxygens (including phenoxy) is 1. The third-order valence-electron chi connectivity index (χ3n) is 5.93. The van der Waals surface area contributed by atoms with Gasteiger partial charge in [0.05, 0.1) is 5.97 Å². The van der Waals surface area contributed by atoms with Crippen molar-refractivity contribution in [3.8, 4) is 11.5 Å². The van der Waals surface area contributed by atoms with Gasteiger partial charge in [0, 0.05) is 67.5 Å². The van der Waals surface area contributed by atoms with Crippen LogP contribution < -0.4 is 25.2 Å². The van der Waals surface area contributed by atoms with E-state index in [2.05, 4.69) is 11.4 Å². The molecule has 2 heterocycles. The van der Waals surface area contributed by atoms with Gasteiger partial charge < -0.3 is 24.4 Å². The monoisotopic (exact) mass is 545 g/mol. The number of anilines is 1. The zero-order valence-corrected chi connectivity index (χ0v) is 21.1. The molecule has 9 heteroatoms. The summed E-state index contributed by atoms with van der Waals surface area (Å²) in [7, 11) is 3.92. The number of imide groups is 1. The molecule has 40 heavy (non-hydrogen) atoms. The molecule has 0 unspecified atom stereocenters. The Labute approximate surface area is 233 Å². The molecule has 0 bridgehead atoms. The number of rotatable bonds is 4. The van der Waals surface area contributed by atoms with Gasteiger partial charge >= 0.3 is 5.97 Å². The fraction of sp³-hybridized carbons (Fsp3) is 0.226. The Kier molecular flexibility index (Phi) is 9.98. The summed E-state index contributed by atoms with van der Waals surface area (Å²) in [6, 6.07) is 18.5. The van der Waals surface area contributed by atoms with Gasteiger partial charge in [0.25, 0.3) is 11.8 Å². The van der Waals surface area contributed by atoms with Crippen LogP contribution in [-0.2, 0) is 19.2 Å². The van der Waals surface area contributed by atoms with Gasteiger partial charge in [-0.05, 0) is 29.0 Å². The number of carbonyl (C=O) groups is 4. The first-order valence-corrected chi connectivity index (χ1v) is 11.7. The average Bonchev–Trinajstić information content (AvgIpc) is 3.18. The normalized spacial score (nSPS) is 12.9. The lowest BCUT2D eigenvalue weighted by Gasteiger charge is -2.24. The SMILES string of the molecule is C.C.C=c1ccc2c(c1)Oc1cc(N(C)C)ccc1C=2c1ccccc1C(=O)[O-].CC(=O)ON1C(=O)CCC1=O. The lowest BCUT2D eigenvalue weighted by molar-refractivity contribution is -0.255. The molecule has 3 aromatic carbocycles. The molecule has 0 spiro atoms. The Morgan fingerprint density at radius 2 is 1.57 bits per heavy atom. The smallest absolute Gasteiger partial charge is 0.330 e. The summed E-state index contributed by atoms with van der Waals surface area (Å²) in [5, 5.41) is 13.9. The van der Waals surface area contributed by atoms with E-state index in [1.165, 1.54) is 0 Å². The first kappa shape index (κ1) is 31.3. The minimum absolute atomic E-state index is 0. The van der Waals surface area contributed by atoms with E-state index < -0.39 is 23.8 Å². The molecule has 0 saturated carbocycles. The van der Waals surface area contributed by atoms with E-state index in [0.29, 0.717) is 22.1 Å². The number of nitrogens with zero attached hydrogens (tertiary/aromatic N) is 2. The van der Waals surface area contributed by atoms with Crippen molar-refractivity contribution in [1.29, 1.82) is 0 Å². The zero-order valence-electron chi connectivity index (χ0n) is 21.1. The summed E-state index contributed by atoms with van der Waals surface area (Å²) in [5.41, 5.74) is 3.42. The number of carbonyl (C=O) groups excluding carboxylic acids is 4. The number of hydrogen-bond acceptors (Lipinski definition) is 8. The van der Waals surface area contributed by atoms with Crippen molar-refractivity contribution in [2.75, 3.05) is 19.0 Å². The number of amides is 2. The Hall–Kier alpha value is -4.92. The lowest BCUT2D eigenvalue weighted by Crippen LogP contribution is -2.30. The van der Waals surface area contributed by atoms with E-state index in [4.69, 9.17) is 4.74 Å². The molecule has 0 aliphatic carbocycles. The minimum atomic E-state index is -1.20. The van der Waals surface area contributed by atoms with Crippen LogP contribution in [0.5, 0.6) is 11.5 Å². The second kappa shape index (κ2) is 12.8. The zero-order chi connectivity index (χ0) is 27.6. The highest BCUT2D eigenvalue weighted by Crippen LogP contribution is 2.38. The molecule has 0 atom stereocenters. The van der Waals surface area contributed by atoms with Crippen molar-refractivity contribution in [2.24, 2.45) is 0 Å². The first-order chi connectivity index (χ1) is 18.1. The van der Waals surface area contributed by atoms with Crippen molar-refractivity contribution in [2.45, 2.75) is 34.6 Å². The van der Waals surface area contributed by atoms with E-state index in [-0.39, 0.29) is 33.3 Å². The number of fused-ring (bicyclic) bond motifs is 2. The molecule has 0 radical (unpaired) electrons. The van der Waals surface area contributed by atoms with Crippen molar-refractivity contribution in [1.82, 2.24) is 5.06 Å². The number of aromatic carboxylic acids is 1. The van der Waals surface area contributed by atoms with Crippen LogP contribution in [0.25, 0.3) is 12.2 Å². The average molecular weight is 546 g/mol. The highest BCUT2D eigenvalue weighted by atomic mass is 16.7. The van der Waals surface area contributed by atoms with Gasteiger partial charge in [-0.25, -0.2) is 4.79 Å². The van der Waals surface area contributed by atoms with Crippen LogP contribution in [0.3, 0.4) is 0 Å². The molecule has 2 aliphatic heterocycles. The Morgan fingerprint density at radius 1 is 0.925 bits per heavy atom. The van der Waals surface area contributed by atoms with Gasteiger partial charge in [-0.1, -0.05) is 57.8 Å². The molecule has 0 N–H and O–H groups in total. The first-order valence-electron chi connectivity index (χ1n) is 11.7. The highest BCUT2D eigenvalue weighted by molar-refractivity contribution is 6.01. The van der Waals surface area contributed by atoms with Crippen LogP contribution in [0.4, 0.5) is 5.69 Å². The second-order valence-electron chi connectivity index (χ2n) is 8.88. The molecule has 2 aliphatic rings. The number of carboxylic acids is 1. The third-order valence-corrected chi connectivity index (χ3v) is 5.93. The molecule has 210 valence electrons. The van der Waals surface area contributed by atoms with E-state index in [9.17, 15) is 24.3 Å². The molecular formula is C31H33N2O7-. The highest BCUT2D eigenvalue weighted by Gasteiger charge is 2.31.